The molecule has 0 atom stereocenters. The molecule has 1 aromatic rings. The summed E-state index contributed by atoms with van der Waals surface area (Å²) in [6.45, 7) is 2.65. The Morgan fingerprint density at radius 1 is 0.958 bits per heavy atom. The molecule has 1 heterocycles. The molecule has 24 heavy (non-hydrogen) atoms. The van der Waals surface area contributed by atoms with E-state index >= 15 is 0 Å². The zero-order valence-electron chi connectivity index (χ0n) is 14.3. The van der Waals surface area contributed by atoms with Gasteiger partial charge in [-0.15, -0.1) is 0 Å². The summed E-state index contributed by atoms with van der Waals surface area (Å²) in [6.07, 6.45) is 8.53. The monoisotopic (exact) mass is 333 g/mol. The molecule has 2 aliphatic rings. The zero-order chi connectivity index (χ0) is 16.8. The number of benzene rings is 1. The van der Waals surface area contributed by atoms with Crippen molar-refractivity contribution in [1.82, 2.24) is 10.2 Å². The summed E-state index contributed by atoms with van der Waals surface area (Å²) in [6, 6.07) is 7.22. The predicted octanol–water partition coefficient (Wildman–Crippen LogP) is 3.77. The second kappa shape index (κ2) is 8.36. The van der Waals surface area contributed by atoms with Gasteiger partial charge in [-0.25, -0.2) is 9.18 Å². The van der Waals surface area contributed by atoms with Gasteiger partial charge < -0.3 is 15.1 Å². The Labute approximate surface area is 144 Å². The first-order chi connectivity index (χ1) is 11.7. The molecule has 0 aromatic heterocycles. The molecule has 5 heteroatoms. The van der Waals surface area contributed by atoms with Crippen molar-refractivity contribution in [1.29, 1.82) is 0 Å². The minimum Gasteiger partial charge on any atom is -0.366 e. The maximum atomic E-state index is 13.9. The minimum atomic E-state index is -0.190. The number of nitrogens with zero attached hydrogens (tertiary/aromatic N) is 2. The fourth-order valence-electron chi connectivity index (χ4n) is 3.73. The lowest BCUT2D eigenvalue weighted by molar-refractivity contribution is 0.187. The number of hydrogen-bond donors (Lipinski definition) is 1. The van der Waals surface area contributed by atoms with Gasteiger partial charge in [-0.2, -0.15) is 0 Å². The molecule has 1 saturated carbocycles. The Morgan fingerprint density at radius 3 is 2.25 bits per heavy atom. The first kappa shape index (κ1) is 17.1. The van der Waals surface area contributed by atoms with E-state index in [1.54, 1.807) is 12.1 Å². The lowest BCUT2D eigenvalue weighted by atomic mass is 9.97. The number of nitrogens with one attached hydrogen (secondary N) is 1. The second-order valence-corrected chi connectivity index (χ2v) is 6.92. The number of para-hydroxylation sites is 1. The Kier molecular flexibility index (Phi) is 5.94. The summed E-state index contributed by atoms with van der Waals surface area (Å²) in [5.74, 6) is -0.190. The number of halogens is 1. The number of anilines is 1. The van der Waals surface area contributed by atoms with Gasteiger partial charge >= 0.3 is 6.03 Å². The normalized spacial score (nSPS) is 20.4. The van der Waals surface area contributed by atoms with Crippen LogP contribution in [0.15, 0.2) is 24.3 Å². The number of rotatable bonds is 2. The number of hydrogen-bond acceptors (Lipinski definition) is 2. The highest BCUT2D eigenvalue weighted by molar-refractivity contribution is 5.75. The average Bonchev–Trinajstić information content (AvgIpc) is 2.58. The van der Waals surface area contributed by atoms with Crippen molar-refractivity contribution in [2.45, 2.75) is 51.0 Å². The highest BCUT2D eigenvalue weighted by atomic mass is 19.1. The molecular formula is C19H28FN3O. The average molecular weight is 333 g/mol. The topological polar surface area (TPSA) is 35.6 Å². The van der Waals surface area contributed by atoms with Crippen molar-refractivity contribution in [3.8, 4) is 0 Å². The fraction of sp³-hybridized carbons (Fsp3) is 0.632. The van der Waals surface area contributed by atoms with Gasteiger partial charge in [0.15, 0.2) is 0 Å². The Morgan fingerprint density at radius 2 is 1.58 bits per heavy atom. The van der Waals surface area contributed by atoms with E-state index in [2.05, 4.69) is 5.32 Å². The molecular weight excluding hydrogens is 305 g/mol. The fourth-order valence-corrected chi connectivity index (χ4v) is 3.73. The molecule has 3 rings (SSSR count). The first-order valence-electron chi connectivity index (χ1n) is 9.29. The van der Waals surface area contributed by atoms with Gasteiger partial charge in [0, 0.05) is 32.2 Å². The molecule has 0 spiro atoms. The third-order valence-corrected chi connectivity index (χ3v) is 5.19. The van der Waals surface area contributed by atoms with Crippen LogP contribution in [0.1, 0.15) is 44.9 Å². The number of carbonyl (C=O) groups is 1. The summed E-state index contributed by atoms with van der Waals surface area (Å²) in [5, 5.41) is 3.22. The molecule has 2 fully saturated rings. The Bertz CT molecular complexity index is 535. The van der Waals surface area contributed by atoms with Crippen molar-refractivity contribution in [3.05, 3.63) is 30.1 Å². The highest BCUT2D eigenvalue weighted by Crippen LogP contribution is 2.21. The zero-order valence-corrected chi connectivity index (χ0v) is 14.3. The molecule has 4 nitrogen and oxygen atoms in total. The molecule has 2 amide bonds. The van der Waals surface area contributed by atoms with E-state index in [0.29, 0.717) is 37.9 Å². The summed E-state index contributed by atoms with van der Waals surface area (Å²) < 4.78 is 13.9. The standard InChI is InChI=1S/C19H28FN3O/c20-17-10-6-7-11-18(17)22-12-14-23(15-13-22)19(24)21-16-8-4-2-1-3-5-9-16/h6-7,10-11,16H,1-5,8-9,12-15H2,(H,21,24). The smallest absolute Gasteiger partial charge is 0.317 e. The van der Waals surface area contributed by atoms with E-state index in [1.807, 2.05) is 15.9 Å². The summed E-state index contributed by atoms with van der Waals surface area (Å²) in [7, 11) is 0. The van der Waals surface area contributed by atoms with Gasteiger partial charge in [-0.1, -0.05) is 44.2 Å². The molecule has 0 radical (unpaired) electrons. The van der Waals surface area contributed by atoms with Crippen LogP contribution in [-0.2, 0) is 0 Å². The van der Waals surface area contributed by atoms with Crippen LogP contribution in [0, 0.1) is 5.82 Å². The Hall–Kier alpha value is -1.78. The highest BCUT2D eigenvalue weighted by Gasteiger charge is 2.24. The third-order valence-electron chi connectivity index (χ3n) is 5.19. The van der Waals surface area contributed by atoms with Crippen LogP contribution in [-0.4, -0.2) is 43.2 Å². The Balaban J connectivity index is 1.49. The van der Waals surface area contributed by atoms with Crippen LogP contribution >= 0.6 is 0 Å². The maximum Gasteiger partial charge on any atom is 0.317 e. The van der Waals surface area contributed by atoms with Gasteiger partial charge in [-0.3, -0.25) is 0 Å². The van der Waals surface area contributed by atoms with Gasteiger partial charge in [0.2, 0.25) is 0 Å². The minimum absolute atomic E-state index is 0.0498. The summed E-state index contributed by atoms with van der Waals surface area (Å²) in [5.41, 5.74) is 0.637. The van der Waals surface area contributed by atoms with Crippen molar-refractivity contribution < 1.29 is 9.18 Å². The molecule has 1 aliphatic carbocycles. The summed E-state index contributed by atoms with van der Waals surface area (Å²) in [4.78, 5) is 16.4. The van der Waals surface area contributed by atoms with Crippen LogP contribution in [0.25, 0.3) is 0 Å². The first-order valence-corrected chi connectivity index (χ1v) is 9.29. The van der Waals surface area contributed by atoms with E-state index < -0.39 is 0 Å². The molecule has 1 saturated heterocycles. The van der Waals surface area contributed by atoms with Gasteiger partial charge in [-0.05, 0) is 25.0 Å². The molecule has 1 aliphatic heterocycles. The maximum absolute atomic E-state index is 13.9. The second-order valence-electron chi connectivity index (χ2n) is 6.92. The van der Waals surface area contributed by atoms with Gasteiger partial charge in [0.1, 0.15) is 5.82 Å². The lowest BCUT2D eigenvalue weighted by Crippen LogP contribution is -2.53. The van der Waals surface area contributed by atoms with E-state index in [1.165, 1.54) is 38.2 Å². The van der Waals surface area contributed by atoms with Crippen molar-refractivity contribution in [3.63, 3.8) is 0 Å². The van der Waals surface area contributed by atoms with Crippen LogP contribution < -0.4 is 10.2 Å². The van der Waals surface area contributed by atoms with Crippen molar-refractivity contribution in [2.75, 3.05) is 31.1 Å². The molecule has 132 valence electrons. The van der Waals surface area contributed by atoms with Crippen LogP contribution in [0.3, 0.4) is 0 Å². The number of carbonyl (C=O) groups excluding carboxylic acids is 1. The molecule has 0 bridgehead atoms. The van der Waals surface area contributed by atoms with Crippen LogP contribution in [0.4, 0.5) is 14.9 Å². The summed E-state index contributed by atoms with van der Waals surface area (Å²) >= 11 is 0. The van der Waals surface area contributed by atoms with E-state index in [4.69, 9.17) is 0 Å². The molecule has 1 N–H and O–H groups in total. The van der Waals surface area contributed by atoms with Gasteiger partial charge in [0.25, 0.3) is 0 Å². The quantitative estimate of drug-likeness (QED) is 0.894. The largest absolute Gasteiger partial charge is 0.366 e. The van der Waals surface area contributed by atoms with Crippen molar-refractivity contribution in [2.24, 2.45) is 0 Å². The van der Waals surface area contributed by atoms with Crippen LogP contribution in [0.2, 0.25) is 0 Å². The predicted molar refractivity (Wildman–Crippen MR) is 94.8 cm³/mol. The van der Waals surface area contributed by atoms with Crippen molar-refractivity contribution >= 4 is 11.7 Å². The number of piperazine rings is 1. The van der Waals surface area contributed by atoms with E-state index in [-0.39, 0.29) is 11.8 Å². The molecule has 1 aromatic carbocycles. The number of urea groups is 1. The number of amides is 2. The molecule has 0 unspecified atom stereocenters. The van der Waals surface area contributed by atoms with Gasteiger partial charge in [0.05, 0.1) is 5.69 Å². The van der Waals surface area contributed by atoms with Crippen LogP contribution in [0.5, 0.6) is 0 Å². The third kappa shape index (κ3) is 4.40. The van der Waals surface area contributed by atoms with E-state index in [9.17, 15) is 9.18 Å². The van der Waals surface area contributed by atoms with E-state index in [0.717, 1.165) is 12.8 Å². The lowest BCUT2D eigenvalue weighted by Gasteiger charge is -2.37. The SMILES string of the molecule is O=C(NC1CCCCCCC1)N1CCN(c2ccccc2F)CC1.